The summed E-state index contributed by atoms with van der Waals surface area (Å²) >= 11 is 0. The van der Waals surface area contributed by atoms with Gasteiger partial charge in [0.25, 0.3) is 5.91 Å². The lowest BCUT2D eigenvalue weighted by molar-refractivity contribution is -0.133. The van der Waals surface area contributed by atoms with E-state index in [9.17, 15) is 9.59 Å². The molecular weight excluding hydrogens is 296 g/mol. The molecule has 2 amide bonds. The molecule has 0 aliphatic carbocycles. The standard InChI is InChI=1S/C17H26N2O4/c1-5-22-11-10-16(20)18-19-17(21)13(4)23-15-8-6-14(7-9-15)12(2)3/h6-9,12-13H,5,10-11H2,1-4H3,(H,18,20)(H,19,21). The average Bonchev–Trinajstić information content (AvgIpc) is 2.53. The van der Waals surface area contributed by atoms with Crippen molar-refractivity contribution in [3.05, 3.63) is 29.8 Å². The summed E-state index contributed by atoms with van der Waals surface area (Å²) in [5.74, 6) is 0.333. The normalized spacial score (nSPS) is 11.9. The highest BCUT2D eigenvalue weighted by Crippen LogP contribution is 2.19. The van der Waals surface area contributed by atoms with E-state index in [1.807, 2.05) is 31.2 Å². The number of hydrogen-bond acceptors (Lipinski definition) is 4. The van der Waals surface area contributed by atoms with Crippen molar-refractivity contribution in [2.75, 3.05) is 13.2 Å². The maximum absolute atomic E-state index is 11.9. The van der Waals surface area contributed by atoms with Crippen molar-refractivity contribution in [2.45, 2.75) is 46.1 Å². The van der Waals surface area contributed by atoms with E-state index in [-0.39, 0.29) is 12.3 Å². The molecule has 23 heavy (non-hydrogen) atoms. The van der Waals surface area contributed by atoms with Gasteiger partial charge in [-0.15, -0.1) is 0 Å². The molecule has 0 spiro atoms. The Morgan fingerprint density at radius 2 is 1.74 bits per heavy atom. The van der Waals surface area contributed by atoms with Crippen molar-refractivity contribution in [3.63, 3.8) is 0 Å². The third kappa shape index (κ3) is 7.15. The minimum Gasteiger partial charge on any atom is -0.481 e. The number of hydrazine groups is 1. The second kappa shape index (κ2) is 9.84. The number of hydrogen-bond donors (Lipinski definition) is 2. The summed E-state index contributed by atoms with van der Waals surface area (Å²) in [4.78, 5) is 23.3. The predicted molar refractivity (Wildman–Crippen MR) is 88.0 cm³/mol. The molecule has 1 unspecified atom stereocenters. The van der Waals surface area contributed by atoms with Gasteiger partial charge in [-0.3, -0.25) is 20.4 Å². The fourth-order valence-electron chi connectivity index (χ4n) is 1.79. The third-order valence-electron chi connectivity index (χ3n) is 3.23. The molecular formula is C17H26N2O4. The zero-order valence-corrected chi connectivity index (χ0v) is 14.2. The van der Waals surface area contributed by atoms with Crippen LogP contribution in [-0.4, -0.2) is 31.1 Å². The molecule has 0 saturated carbocycles. The highest BCUT2D eigenvalue weighted by Gasteiger charge is 2.15. The molecule has 0 fully saturated rings. The molecule has 1 aromatic carbocycles. The van der Waals surface area contributed by atoms with Gasteiger partial charge in [-0.2, -0.15) is 0 Å². The molecule has 2 N–H and O–H groups in total. The summed E-state index contributed by atoms with van der Waals surface area (Å²) in [7, 11) is 0. The zero-order valence-electron chi connectivity index (χ0n) is 14.2. The lowest BCUT2D eigenvalue weighted by Crippen LogP contribution is -2.47. The second-order valence-electron chi connectivity index (χ2n) is 5.47. The van der Waals surface area contributed by atoms with Crippen molar-refractivity contribution in [3.8, 4) is 5.75 Å². The van der Waals surface area contributed by atoms with Gasteiger partial charge >= 0.3 is 0 Å². The first-order valence-electron chi connectivity index (χ1n) is 7.87. The fourth-order valence-corrected chi connectivity index (χ4v) is 1.79. The quantitative estimate of drug-likeness (QED) is 0.568. The average molecular weight is 322 g/mol. The first-order valence-corrected chi connectivity index (χ1v) is 7.87. The van der Waals surface area contributed by atoms with Crippen LogP contribution in [0.25, 0.3) is 0 Å². The molecule has 1 atom stereocenters. The Bertz CT molecular complexity index is 500. The summed E-state index contributed by atoms with van der Waals surface area (Å²) in [5, 5.41) is 0. The van der Waals surface area contributed by atoms with Gasteiger partial charge in [-0.25, -0.2) is 0 Å². The molecule has 128 valence electrons. The number of benzene rings is 1. The molecule has 0 aliphatic rings. The van der Waals surface area contributed by atoms with Crippen LogP contribution in [0.5, 0.6) is 5.75 Å². The summed E-state index contributed by atoms with van der Waals surface area (Å²) in [6, 6.07) is 7.61. The molecule has 0 aromatic heterocycles. The maximum atomic E-state index is 11.9. The van der Waals surface area contributed by atoms with E-state index < -0.39 is 12.0 Å². The minimum atomic E-state index is -0.716. The van der Waals surface area contributed by atoms with E-state index in [4.69, 9.17) is 9.47 Å². The molecule has 0 saturated heterocycles. The summed E-state index contributed by atoms with van der Waals surface area (Å²) in [6.45, 7) is 8.58. The lowest BCUT2D eigenvalue weighted by atomic mass is 10.0. The van der Waals surface area contributed by atoms with Gasteiger partial charge in [0.2, 0.25) is 5.91 Å². The number of rotatable bonds is 8. The van der Waals surface area contributed by atoms with Crippen LogP contribution >= 0.6 is 0 Å². The van der Waals surface area contributed by atoms with Gasteiger partial charge in [0.1, 0.15) is 5.75 Å². The monoisotopic (exact) mass is 322 g/mol. The third-order valence-corrected chi connectivity index (χ3v) is 3.23. The summed E-state index contributed by atoms with van der Waals surface area (Å²) in [5.41, 5.74) is 5.88. The number of ether oxygens (including phenoxy) is 2. The van der Waals surface area contributed by atoms with Gasteiger partial charge < -0.3 is 9.47 Å². The van der Waals surface area contributed by atoms with Crippen LogP contribution in [0.4, 0.5) is 0 Å². The van der Waals surface area contributed by atoms with Crippen LogP contribution in [0.3, 0.4) is 0 Å². The number of carbonyl (C=O) groups excluding carboxylic acids is 2. The van der Waals surface area contributed by atoms with Gasteiger partial charge in [-0.1, -0.05) is 26.0 Å². The molecule has 0 bridgehead atoms. The van der Waals surface area contributed by atoms with Crippen molar-refractivity contribution in [1.29, 1.82) is 0 Å². The van der Waals surface area contributed by atoms with Gasteiger partial charge in [-0.05, 0) is 37.5 Å². The van der Waals surface area contributed by atoms with Gasteiger partial charge in [0.05, 0.1) is 13.0 Å². The Labute approximate surface area is 137 Å². The Morgan fingerprint density at radius 3 is 2.30 bits per heavy atom. The van der Waals surface area contributed by atoms with Gasteiger partial charge in [0, 0.05) is 6.61 Å². The molecule has 1 rings (SSSR count). The topological polar surface area (TPSA) is 76.7 Å². The van der Waals surface area contributed by atoms with Crippen molar-refractivity contribution >= 4 is 11.8 Å². The minimum absolute atomic E-state index is 0.194. The highest BCUT2D eigenvalue weighted by atomic mass is 16.5. The maximum Gasteiger partial charge on any atom is 0.279 e. The van der Waals surface area contributed by atoms with Crippen LogP contribution in [0.15, 0.2) is 24.3 Å². The Morgan fingerprint density at radius 1 is 1.09 bits per heavy atom. The number of amides is 2. The smallest absolute Gasteiger partial charge is 0.279 e. The Kier molecular flexibility index (Phi) is 8.11. The SMILES string of the molecule is CCOCCC(=O)NNC(=O)C(C)Oc1ccc(C(C)C)cc1. The number of nitrogens with one attached hydrogen (secondary N) is 2. The largest absolute Gasteiger partial charge is 0.481 e. The van der Waals surface area contributed by atoms with E-state index in [0.717, 1.165) is 0 Å². The van der Waals surface area contributed by atoms with E-state index in [0.29, 0.717) is 24.9 Å². The van der Waals surface area contributed by atoms with E-state index in [1.54, 1.807) is 6.92 Å². The summed E-state index contributed by atoms with van der Waals surface area (Å²) in [6.07, 6.45) is -0.521. The summed E-state index contributed by atoms with van der Waals surface area (Å²) < 4.78 is 10.6. The van der Waals surface area contributed by atoms with Crippen molar-refractivity contribution in [1.82, 2.24) is 10.9 Å². The van der Waals surface area contributed by atoms with Gasteiger partial charge in [0.15, 0.2) is 6.10 Å². The molecule has 1 aromatic rings. The fraction of sp³-hybridized carbons (Fsp3) is 0.529. The van der Waals surface area contributed by atoms with E-state index in [2.05, 4.69) is 24.7 Å². The van der Waals surface area contributed by atoms with Crippen LogP contribution in [0.1, 0.15) is 45.6 Å². The molecule has 0 radical (unpaired) electrons. The molecule has 0 heterocycles. The molecule has 0 aliphatic heterocycles. The highest BCUT2D eigenvalue weighted by molar-refractivity contribution is 5.84. The lowest BCUT2D eigenvalue weighted by Gasteiger charge is -2.15. The predicted octanol–water partition coefficient (Wildman–Crippen LogP) is 2.15. The van der Waals surface area contributed by atoms with Crippen LogP contribution in [-0.2, 0) is 14.3 Å². The first-order chi connectivity index (χ1) is 10.9. The Balaban J connectivity index is 2.37. The van der Waals surface area contributed by atoms with E-state index in [1.165, 1.54) is 5.56 Å². The second-order valence-corrected chi connectivity index (χ2v) is 5.47. The zero-order chi connectivity index (χ0) is 17.2. The van der Waals surface area contributed by atoms with Crippen LogP contribution in [0, 0.1) is 0 Å². The van der Waals surface area contributed by atoms with Crippen molar-refractivity contribution in [2.24, 2.45) is 0 Å². The molecule has 6 heteroatoms. The first kappa shape index (κ1) is 19.0. The van der Waals surface area contributed by atoms with E-state index >= 15 is 0 Å². The van der Waals surface area contributed by atoms with Crippen LogP contribution in [0.2, 0.25) is 0 Å². The Hall–Kier alpha value is -2.08. The number of carbonyl (C=O) groups is 2. The molecule has 6 nitrogen and oxygen atoms in total. The van der Waals surface area contributed by atoms with Crippen molar-refractivity contribution < 1.29 is 19.1 Å². The van der Waals surface area contributed by atoms with Crippen LogP contribution < -0.4 is 15.6 Å².